The summed E-state index contributed by atoms with van der Waals surface area (Å²) in [4.78, 5) is 0. The monoisotopic (exact) mass is 127 g/mol. The normalized spacial score (nSPS) is 10.0. The van der Waals surface area contributed by atoms with Gasteiger partial charge in [0.1, 0.15) is 6.67 Å². The molecule has 50 valence electrons. The van der Waals surface area contributed by atoms with Crippen LogP contribution in [-0.4, -0.2) is 11.2 Å². The van der Waals surface area contributed by atoms with Crippen molar-refractivity contribution in [2.45, 2.75) is 13.5 Å². The summed E-state index contributed by atoms with van der Waals surface area (Å²) in [6.45, 7) is 2.19. The smallest absolute Gasteiger partial charge is 0.107 e. The first-order chi connectivity index (χ1) is 4.33. The van der Waals surface area contributed by atoms with Gasteiger partial charge in [0.2, 0.25) is 0 Å². The van der Waals surface area contributed by atoms with Crippen molar-refractivity contribution in [1.82, 2.24) is 4.57 Å². The third kappa shape index (κ3) is 1.56. The maximum atomic E-state index is 11.7. The minimum Gasteiger partial charge on any atom is -0.351 e. The lowest BCUT2D eigenvalue weighted by Gasteiger charge is -1.93. The molecule has 0 aliphatic carbocycles. The topological polar surface area (TPSA) is 4.93 Å². The number of hydrogen-bond donors (Lipinski definition) is 0. The second-order valence-electron chi connectivity index (χ2n) is 2.12. The van der Waals surface area contributed by atoms with Crippen LogP contribution in [0, 0.1) is 6.92 Å². The standard InChI is InChI=1S/C7H10FN/c1-7-2-4-9(6-7)5-3-8/h2,4,6H,3,5H2,1H3. The van der Waals surface area contributed by atoms with Crippen LogP contribution in [0.2, 0.25) is 0 Å². The van der Waals surface area contributed by atoms with Gasteiger partial charge in [0.25, 0.3) is 0 Å². The van der Waals surface area contributed by atoms with Gasteiger partial charge >= 0.3 is 0 Å². The Morgan fingerprint density at radius 2 is 2.44 bits per heavy atom. The van der Waals surface area contributed by atoms with E-state index >= 15 is 0 Å². The van der Waals surface area contributed by atoms with E-state index in [9.17, 15) is 4.39 Å². The second-order valence-corrected chi connectivity index (χ2v) is 2.12. The van der Waals surface area contributed by atoms with E-state index in [0.29, 0.717) is 6.54 Å². The van der Waals surface area contributed by atoms with Crippen molar-refractivity contribution in [3.8, 4) is 0 Å². The van der Waals surface area contributed by atoms with E-state index < -0.39 is 0 Å². The minimum absolute atomic E-state index is 0.284. The first-order valence-corrected chi connectivity index (χ1v) is 3.01. The maximum Gasteiger partial charge on any atom is 0.107 e. The lowest BCUT2D eigenvalue weighted by atomic mass is 10.4. The lowest BCUT2D eigenvalue weighted by molar-refractivity contribution is 0.446. The average molecular weight is 127 g/mol. The summed E-state index contributed by atoms with van der Waals surface area (Å²) in [5, 5.41) is 0. The highest BCUT2D eigenvalue weighted by Gasteiger charge is 1.88. The van der Waals surface area contributed by atoms with E-state index in [1.54, 1.807) is 0 Å². The van der Waals surface area contributed by atoms with Gasteiger partial charge < -0.3 is 4.57 Å². The first kappa shape index (κ1) is 6.33. The highest BCUT2D eigenvalue weighted by Crippen LogP contribution is 1.97. The van der Waals surface area contributed by atoms with E-state index in [0.717, 1.165) is 0 Å². The second kappa shape index (κ2) is 2.67. The van der Waals surface area contributed by atoms with Crippen LogP contribution in [0.1, 0.15) is 5.56 Å². The third-order valence-electron chi connectivity index (χ3n) is 1.24. The molecule has 0 N–H and O–H groups in total. The van der Waals surface area contributed by atoms with Crippen molar-refractivity contribution in [3.63, 3.8) is 0 Å². The van der Waals surface area contributed by atoms with Gasteiger partial charge in [0, 0.05) is 12.4 Å². The molecule has 0 fully saturated rings. The van der Waals surface area contributed by atoms with E-state index in [2.05, 4.69) is 0 Å². The number of halogens is 1. The number of hydrogen-bond acceptors (Lipinski definition) is 0. The molecule has 0 amide bonds. The largest absolute Gasteiger partial charge is 0.351 e. The molecule has 1 heterocycles. The van der Waals surface area contributed by atoms with Gasteiger partial charge in [0.05, 0.1) is 6.54 Å². The zero-order chi connectivity index (χ0) is 6.69. The Hall–Kier alpha value is -0.790. The van der Waals surface area contributed by atoms with Crippen molar-refractivity contribution < 1.29 is 4.39 Å². The summed E-state index contributed by atoms with van der Waals surface area (Å²) in [5.41, 5.74) is 1.18. The van der Waals surface area contributed by atoms with Crippen molar-refractivity contribution in [1.29, 1.82) is 0 Å². The number of rotatable bonds is 2. The summed E-state index contributed by atoms with van der Waals surface area (Å²) in [5.74, 6) is 0. The van der Waals surface area contributed by atoms with Crippen molar-refractivity contribution in [2.24, 2.45) is 0 Å². The SMILES string of the molecule is Cc1ccn(CCF)c1. The van der Waals surface area contributed by atoms with Crippen LogP contribution in [0.25, 0.3) is 0 Å². The fourth-order valence-corrected chi connectivity index (χ4v) is 0.798. The van der Waals surface area contributed by atoms with Crippen LogP contribution in [0.4, 0.5) is 4.39 Å². The molecular weight excluding hydrogens is 117 g/mol. The van der Waals surface area contributed by atoms with Crippen LogP contribution < -0.4 is 0 Å². The number of alkyl halides is 1. The predicted molar refractivity (Wildman–Crippen MR) is 35.1 cm³/mol. The third-order valence-corrected chi connectivity index (χ3v) is 1.24. The molecule has 1 nitrogen and oxygen atoms in total. The molecule has 0 radical (unpaired) electrons. The molecule has 0 saturated heterocycles. The highest BCUT2D eigenvalue weighted by molar-refractivity contribution is 5.06. The summed E-state index contributed by atoms with van der Waals surface area (Å²) in [6.07, 6.45) is 3.81. The molecule has 0 saturated carbocycles. The number of aryl methyl sites for hydroxylation is 2. The van der Waals surface area contributed by atoms with Gasteiger partial charge in [-0.15, -0.1) is 0 Å². The Bertz CT molecular complexity index is 181. The maximum absolute atomic E-state index is 11.7. The predicted octanol–water partition coefficient (Wildman–Crippen LogP) is 1.77. The fourth-order valence-electron chi connectivity index (χ4n) is 0.798. The molecule has 0 unspecified atom stereocenters. The summed E-state index contributed by atoms with van der Waals surface area (Å²) >= 11 is 0. The average Bonchev–Trinajstić information content (AvgIpc) is 2.17. The molecule has 1 aromatic rings. The molecule has 0 aliphatic heterocycles. The minimum atomic E-state index is -0.284. The lowest BCUT2D eigenvalue weighted by Crippen LogP contribution is -1.94. The van der Waals surface area contributed by atoms with Crippen LogP contribution in [0.3, 0.4) is 0 Å². The van der Waals surface area contributed by atoms with Crippen molar-refractivity contribution in [2.75, 3.05) is 6.67 Å². The van der Waals surface area contributed by atoms with Gasteiger partial charge in [-0.3, -0.25) is 0 Å². The Morgan fingerprint density at radius 1 is 1.67 bits per heavy atom. The van der Waals surface area contributed by atoms with Crippen molar-refractivity contribution in [3.05, 3.63) is 24.0 Å². The van der Waals surface area contributed by atoms with E-state index in [1.165, 1.54) is 5.56 Å². The Morgan fingerprint density at radius 3 is 2.89 bits per heavy atom. The Kier molecular flexibility index (Phi) is 1.88. The Balaban J connectivity index is 2.61. The van der Waals surface area contributed by atoms with Crippen LogP contribution in [0.5, 0.6) is 0 Å². The quantitative estimate of drug-likeness (QED) is 0.570. The zero-order valence-electron chi connectivity index (χ0n) is 5.47. The van der Waals surface area contributed by atoms with Gasteiger partial charge in [-0.05, 0) is 18.6 Å². The molecule has 1 rings (SSSR count). The first-order valence-electron chi connectivity index (χ1n) is 3.01. The molecule has 9 heavy (non-hydrogen) atoms. The van der Waals surface area contributed by atoms with Gasteiger partial charge in [-0.25, -0.2) is 4.39 Å². The fraction of sp³-hybridized carbons (Fsp3) is 0.429. The van der Waals surface area contributed by atoms with E-state index in [1.807, 2.05) is 30.0 Å². The summed E-state index contributed by atoms with van der Waals surface area (Å²) < 4.78 is 13.5. The van der Waals surface area contributed by atoms with Gasteiger partial charge in [-0.2, -0.15) is 0 Å². The van der Waals surface area contributed by atoms with Crippen molar-refractivity contribution >= 4 is 0 Å². The highest BCUT2D eigenvalue weighted by atomic mass is 19.1. The van der Waals surface area contributed by atoms with E-state index in [-0.39, 0.29) is 6.67 Å². The number of nitrogens with zero attached hydrogens (tertiary/aromatic N) is 1. The molecular formula is C7H10FN. The Labute approximate surface area is 54.1 Å². The van der Waals surface area contributed by atoms with Crippen LogP contribution in [0.15, 0.2) is 18.5 Å². The molecule has 0 atom stereocenters. The van der Waals surface area contributed by atoms with Gasteiger partial charge in [-0.1, -0.05) is 0 Å². The summed E-state index contributed by atoms with van der Waals surface area (Å²) in [6, 6.07) is 1.97. The molecule has 0 bridgehead atoms. The molecule has 0 spiro atoms. The summed E-state index contributed by atoms with van der Waals surface area (Å²) in [7, 11) is 0. The van der Waals surface area contributed by atoms with Crippen LogP contribution in [-0.2, 0) is 6.54 Å². The zero-order valence-corrected chi connectivity index (χ0v) is 5.47. The number of aromatic nitrogens is 1. The van der Waals surface area contributed by atoms with Gasteiger partial charge in [0.15, 0.2) is 0 Å². The molecule has 1 aromatic heterocycles. The van der Waals surface area contributed by atoms with Crippen LogP contribution >= 0.6 is 0 Å². The molecule has 2 heteroatoms. The molecule has 0 aromatic carbocycles. The molecule has 0 aliphatic rings. The van der Waals surface area contributed by atoms with E-state index in [4.69, 9.17) is 0 Å².